The molecule has 5 rings (SSSR count). The predicted octanol–water partition coefficient (Wildman–Crippen LogP) is 2.79. The summed E-state index contributed by atoms with van der Waals surface area (Å²) in [5, 5.41) is 6.97. The van der Waals surface area contributed by atoms with E-state index in [0.29, 0.717) is 24.4 Å². The minimum atomic E-state index is -0.321. The number of nitrogens with zero attached hydrogens (tertiary/aromatic N) is 2. The fourth-order valence-electron chi connectivity index (χ4n) is 5.02. The molecule has 3 heterocycles. The van der Waals surface area contributed by atoms with Crippen LogP contribution >= 0.6 is 0 Å². The minimum absolute atomic E-state index is 0.197. The maximum absolute atomic E-state index is 12.2. The van der Waals surface area contributed by atoms with Crippen molar-refractivity contribution < 1.29 is 9.59 Å². The van der Waals surface area contributed by atoms with Gasteiger partial charge >= 0.3 is 6.03 Å². The summed E-state index contributed by atoms with van der Waals surface area (Å²) in [5.74, 6) is -0.197. The van der Waals surface area contributed by atoms with Gasteiger partial charge < -0.3 is 9.88 Å². The number of carbonyl (C=O) groups is 2. The summed E-state index contributed by atoms with van der Waals surface area (Å²) in [6.07, 6.45) is 7.59. The van der Waals surface area contributed by atoms with Crippen molar-refractivity contribution in [1.29, 1.82) is 0 Å². The number of benzene rings is 1. The molecule has 1 spiro atoms. The summed E-state index contributed by atoms with van der Waals surface area (Å²) < 4.78 is 2.39. The molecule has 2 aliphatic heterocycles. The van der Waals surface area contributed by atoms with Gasteiger partial charge in [-0.1, -0.05) is 6.07 Å². The maximum Gasteiger partial charge on any atom is 0.328 e. The van der Waals surface area contributed by atoms with Crippen molar-refractivity contribution in [1.82, 2.24) is 15.2 Å². The third-order valence-electron chi connectivity index (χ3n) is 6.48. The highest BCUT2D eigenvalue weighted by atomic mass is 16.2. The van der Waals surface area contributed by atoms with Crippen molar-refractivity contribution in [3.63, 3.8) is 0 Å². The van der Waals surface area contributed by atoms with Gasteiger partial charge in [0.25, 0.3) is 0 Å². The molecule has 2 N–H and O–H groups in total. The van der Waals surface area contributed by atoms with Crippen molar-refractivity contribution in [3.05, 3.63) is 30.5 Å². The third-order valence-corrected chi connectivity index (χ3v) is 6.48. The van der Waals surface area contributed by atoms with Crippen molar-refractivity contribution in [2.45, 2.75) is 38.1 Å². The molecule has 3 fully saturated rings. The van der Waals surface area contributed by atoms with E-state index in [1.54, 1.807) is 4.90 Å². The average Bonchev–Trinajstić information content (AvgIpc) is 3.04. The molecule has 3 amide bonds. The molecule has 1 aliphatic carbocycles. The van der Waals surface area contributed by atoms with E-state index in [1.807, 2.05) is 12.1 Å². The maximum atomic E-state index is 12.2. The van der Waals surface area contributed by atoms with Gasteiger partial charge in [0, 0.05) is 30.6 Å². The summed E-state index contributed by atoms with van der Waals surface area (Å²) >= 11 is 0. The van der Waals surface area contributed by atoms with Gasteiger partial charge in [-0.05, 0) is 62.4 Å². The Kier molecular flexibility index (Phi) is 3.57. The van der Waals surface area contributed by atoms with Crippen LogP contribution in [0.15, 0.2) is 30.5 Å². The van der Waals surface area contributed by atoms with Crippen LogP contribution in [0.1, 0.15) is 38.1 Å². The number of hydrogen-bond donors (Lipinski definition) is 2. The Morgan fingerprint density at radius 1 is 1.08 bits per heavy atom. The number of anilines is 1. The van der Waals surface area contributed by atoms with Crippen LogP contribution in [0, 0.1) is 5.41 Å². The monoisotopic (exact) mass is 352 g/mol. The largest absolute Gasteiger partial charge is 0.344 e. The molecule has 2 saturated heterocycles. The van der Waals surface area contributed by atoms with Gasteiger partial charge in [-0.2, -0.15) is 0 Å². The highest BCUT2D eigenvalue weighted by Gasteiger charge is 2.45. The molecule has 2 aromatic rings. The minimum Gasteiger partial charge on any atom is -0.344 e. The van der Waals surface area contributed by atoms with Gasteiger partial charge in [-0.15, -0.1) is 0 Å². The van der Waals surface area contributed by atoms with E-state index in [0.717, 1.165) is 24.2 Å². The second kappa shape index (κ2) is 5.84. The summed E-state index contributed by atoms with van der Waals surface area (Å²) in [4.78, 5) is 25.4. The molecule has 3 aliphatic rings. The van der Waals surface area contributed by atoms with Gasteiger partial charge in [-0.3, -0.25) is 15.0 Å². The molecule has 0 atom stereocenters. The van der Waals surface area contributed by atoms with Crippen LogP contribution < -0.4 is 15.5 Å². The second-order valence-corrected chi connectivity index (χ2v) is 8.00. The Labute approximate surface area is 152 Å². The van der Waals surface area contributed by atoms with Crippen molar-refractivity contribution in [2.24, 2.45) is 5.41 Å². The zero-order chi connectivity index (χ0) is 17.7. The Morgan fingerprint density at radius 3 is 2.65 bits per heavy atom. The van der Waals surface area contributed by atoms with Gasteiger partial charge in [0.15, 0.2) is 0 Å². The number of imide groups is 1. The lowest BCUT2D eigenvalue weighted by Gasteiger charge is -2.51. The van der Waals surface area contributed by atoms with E-state index in [1.165, 1.54) is 31.2 Å². The van der Waals surface area contributed by atoms with Crippen LogP contribution in [0.3, 0.4) is 0 Å². The van der Waals surface area contributed by atoms with Crippen molar-refractivity contribution in [3.8, 4) is 0 Å². The standard InChI is InChI=1S/C20H24N4O2/c25-18-5-11-24(19(26)22-18)17-3-1-2-16-15(17)4-10-23(16)14-12-20(13-14)6-8-21-9-7-20/h1-4,10,14,21H,5-9,11-13H2,(H,22,25,26). The quantitative estimate of drug-likeness (QED) is 0.873. The zero-order valence-corrected chi connectivity index (χ0v) is 14.8. The van der Waals surface area contributed by atoms with Crippen LogP contribution in [0.4, 0.5) is 10.5 Å². The van der Waals surface area contributed by atoms with E-state index in [-0.39, 0.29) is 11.9 Å². The van der Waals surface area contributed by atoms with Gasteiger partial charge in [-0.25, -0.2) is 4.79 Å². The highest BCUT2D eigenvalue weighted by molar-refractivity contribution is 6.09. The Balaban J connectivity index is 1.43. The second-order valence-electron chi connectivity index (χ2n) is 8.00. The fraction of sp³-hybridized carbons (Fsp3) is 0.500. The topological polar surface area (TPSA) is 66.4 Å². The number of rotatable bonds is 2. The number of fused-ring (bicyclic) bond motifs is 1. The number of amides is 3. The number of piperidine rings is 1. The molecule has 1 aromatic heterocycles. The Bertz CT molecular complexity index is 873. The van der Waals surface area contributed by atoms with E-state index in [2.05, 4.69) is 33.5 Å². The first-order valence-corrected chi connectivity index (χ1v) is 9.57. The fourth-order valence-corrected chi connectivity index (χ4v) is 5.02. The Morgan fingerprint density at radius 2 is 1.88 bits per heavy atom. The summed E-state index contributed by atoms with van der Waals surface area (Å²) in [6.45, 7) is 2.73. The molecule has 136 valence electrons. The third kappa shape index (κ3) is 2.43. The van der Waals surface area contributed by atoms with Crippen molar-refractivity contribution in [2.75, 3.05) is 24.5 Å². The van der Waals surface area contributed by atoms with E-state index >= 15 is 0 Å². The summed E-state index contributed by atoms with van der Waals surface area (Å²) in [6, 6.07) is 8.46. The zero-order valence-electron chi connectivity index (χ0n) is 14.8. The summed E-state index contributed by atoms with van der Waals surface area (Å²) in [7, 11) is 0. The summed E-state index contributed by atoms with van der Waals surface area (Å²) in [5.41, 5.74) is 2.61. The lowest BCUT2D eigenvalue weighted by molar-refractivity contribution is -0.120. The number of aromatic nitrogens is 1. The van der Waals surface area contributed by atoms with Crippen LogP contribution in [0.5, 0.6) is 0 Å². The van der Waals surface area contributed by atoms with Gasteiger partial charge in [0.2, 0.25) is 5.91 Å². The number of nitrogens with one attached hydrogen (secondary N) is 2. The van der Waals surface area contributed by atoms with Crippen LogP contribution in [-0.4, -0.2) is 36.1 Å². The molecule has 6 heteroatoms. The van der Waals surface area contributed by atoms with Crippen LogP contribution in [0.2, 0.25) is 0 Å². The smallest absolute Gasteiger partial charge is 0.328 e. The first-order chi connectivity index (χ1) is 12.7. The highest BCUT2D eigenvalue weighted by Crippen LogP contribution is 2.54. The van der Waals surface area contributed by atoms with Crippen molar-refractivity contribution >= 4 is 28.5 Å². The molecule has 1 aromatic carbocycles. The lowest BCUT2D eigenvalue weighted by atomic mass is 9.60. The normalized spacial score (nSPS) is 23.3. The van der Waals surface area contributed by atoms with E-state index < -0.39 is 0 Å². The molecule has 0 unspecified atom stereocenters. The number of urea groups is 1. The van der Waals surface area contributed by atoms with Crippen LogP contribution in [-0.2, 0) is 4.79 Å². The first-order valence-electron chi connectivity index (χ1n) is 9.57. The molecular weight excluding hydrogens is 328 g/mol. The average molecular weight is 352 g/mol. The van der Waals surface area contributed by atoms with Gasteiger partial charge in [0.1, 0.15) is 0 Å². The molecule has 0 radical (unpaired) electrons. The first kappa shape index (κ1) is 15.9. The molecule has 0 bridgehead atoms. The predicted molar refractivity (Wildman–Crippen MR) is 100 cm³/mol. The molecule has 26 heavy (non-hydrogen) atoms. The molecular formula is C20H24N4O2. The molecule has 1 saturated carbocycles. The van der Waals surface area contributed by atoms with E-state index in [9.17, 15) is 9.59 Å². The Hall–Kier alpha value is -2.34. The number of hydrogen-bond acceptors (Lipinski definition) is 3. The SMILES string of the molecule is O=C1CCN(c2cccc3c2ccn3C2CC3(CCNCC3)C2)C(=O)N1. The van der Waals surface area contributed by atoms with Crippen LogP contribution in [0.25, 0.3) is 10.9 Å². The molecule has 6 nitrogen and oxygen atoms in total. The lowest BCUT2D eigenvalue weighted by Crippen LogP contribution is -2.49. The van der Waals surface area contributed by atoms with E-state index in [4.69, 9.17) is 0 Å². The number of carbonyl (C=O) groups excluding carboxylic acids is 2. The van der Waals surface area contributed by atoms with Gasteiger partial charge in [0.05, 0.1) is 11.2 Å².